The van der Waals surface area contributed by atoms with Gasteiger partial charge in [-0.05, 0) is 26.3 Å². The van der Waals surface area contributed by atoms with E-state index < -0.39 is 29.5 Å². The summed E-state index contributed by atoms with van der Waals surface area (Å²) in [5.41, 5.74) is 6.06. The lowest BCUT2D eigenvalue weighted by Crippen LogP contribution is -2.44. The molecule has 2 atom stereocenters. The predicted molar refractivity (Wildman–Crippen MR) is 123 cm³/mol. The van der Waals surface area contributed by atoms with Crippen LogP contribution in [0.4, 0.5) is 0 Å². The molecule has 1 aliphatic heterocycles. The van der Waals surface area contributed by atoms with Crippen molar-refractivity contribution in [3.8, 4) is 10.4 Å². The highest BCUT2D eigenvalue weighted by Crippen LogP contribution is 2.33. The van der Waals surface area contributed by atoms with Gasteiger partial charge < -0.3 is 19.8 Å². The number of aromatic nitrogens is 1. The summed E-state index contributed by atoms with van der Waals surface area (Å²) in [5.74, 6) is -1.46. The molecule has 3 heterocycles. The number of likely N-dealkylation sites (tertiary alicyclic amines) is 1. The average Bonchev–Trinajstić information content (AvgIpc) is 3.31. The number of nitrogens with two attached hydrogens (primary N) is 1. The lowest BCUT2D eigenvalue weighted by Gasteiger charge is -2.21. The summed E-state index contributed by atoms with van der Waals surface area (Å²) >= 11 is 1.31. The Labute approximate surface area is 195 Å². The predicted octanol–water partition coefficient (Wildman–Crippen LogP) is 2.18. The van der Waals surface area contributed by atoms with Crippen LogP contribution in [0, 0.1) is 12.8 Å². The van der Waals surface area contributed by atoms with Gasteiger partial charge in [0.2, 0.25) is 11.8 Å². The van der Waals surface area contributed by atoms with E-state index in [0.717, 1.165) is 4.88 Å². The standard InChI is InChI=1S/C23H29N3O6S/c1-6-31-22(30)14-7-15(21(24)29)26(11-14)18(27)10-17-25-12(2)20(33-17)13-8-16(23(3,4)5)32-19(28)9-13/h8-9,14-15H,6-7,10-11H2,1-5H3,(H2,24,29)/t14-,15-/m0/s1. The molecule has 2 aromatic rings. The maximum Gasteiger partial charge on any atom is 0.336 e. The lowest BCUT2D eigenvalue weighted by atomic mass is 9.92. The third-order valence-electron chi connectivity index (χ3n) is 5.49. The third-order valence-corrected chi connectivity index (χ3v) is 6.69. The minimum absolute atomic E-state index is 0.0433. The number of hydrogen-bond acceptors (Lipinski definition) is 8. The Morgan fingerprint density at radius 1 is 1.30 bits per heavy atom. The van der Waals surface area contributed by atoms with E-state index in [2.05, 4.69) is 4.98 Å². The van der Waals surface area contributed by atoms with Crippen LogP contribution in [0.15, 0.2) is 21.3 Å². The number of hydrogen-bond donors (Lipinski definition) is 1. The molecule has 0 spiro atoms. The Morgan fingerprint density at radius 2 is 2.00 bits per heavy atom. The SMILES string of the molecule is CCOC(=O)[C@H]1C[C@@H](C(N)=O)N(C(=O)Cc2nc(C)c(-c3cc(C(C)(C)C)oc(=O)c3)s2)C1. The Morgan fingerprint density at radius 3 is 2.61 bits per heavy atom. The lowest BCUT2D eigenvalue weighted by molar-refractivity contribution is -0.147. The van der Waals surface area contributed by atoms with E-state index in [1.165, 1.54) is 22.3 Å². The topological polar surface area (TPSA) is 133 Å². The molecular weight excluding hydrogens is 446 g/mol. The molecule has 2 amide bonds. The number of amides is 2. The van der Waals surface area contributed by atoms with Gasteiger partial charge in [-0.15, -0.1) is 11.3 Å². The molecule has 0 radical (unpaired) electrons. The Kier molecular flexibility index (Phi) is 7.06. The van der Waals surface area contributed by atoms with Crippen LogP contribution in [0.2, 0.25) is 0 Å². The van der Waals surface area contributed by atoms with Crippen LogP contribution in [0.1, 0.15) is 50.6 Å². The van der Waals surface area contributed by atoms with Crippen LogP contribution < -0.4 is 11.4 Å². The van der Waals surface area contributed by atoms with E-state index in [-0.39, 0.29) is 37.3 Å². The highest BCUT2D eigenvalue weighted by molar-refractivity contribution is 7.15. The zero-order chi connectivity index (χ0) is 24.5. The first-order chi connectivity index (χ1) is 15.4. The summed E-state index contributed by atoms with van der Waals surface area (Å²) in [4.78, 5) is 55.8. The molecule has 0 saturated carbocycles. The van der Waals surface area contributed by atoms with Gasteiger partial charge in [-0.3, -0.25) is 14.4 Å². The molecule has 2 N–H and O–H groups in total. The van der Waals surface area contributed by atoms with Gasteiger partial charge in [-0.2, -0.15) is 0 Å². The van der Waals surface area contributed by atoms with Gasteiger partial charge in [-0.1, -0.05) is 20.8 Å². The van der Waals surface area contributed by atoms with E-state index in [0.29, 0.717) is 22.0 Å². The molecule has 9 nitrogen and oxygen atoms in total. The van der Waals surface area contributed by atoms with Gasteiger partial charge in [0, 0.05) is 23.6 Å². The van der Waals surface area contributed by atoms with Crippen molar-refractivity contribution in [2.45, 2.75) is 58.9 Å². The summed E-state index contributed by atoms with van der Waals surface area (Å²) in [5, 5.41) is 0.542. The van der Waals surface area contributed by atoms with Crippen molar-refractivity contribution < 1.29 is 23.5 Å². The first-order valence-corrected chi connectivity index (χ1v) is 11.6. The van der Waals surface area contributed by atoms with Crippen LogP contribution >= 0.6 is 11.3 Å². The number of aryl methyl sites for hydroxylation is 1. The van der Waals surface area contributed by atoms with Gasteiger partial charge >= 0.3 is 11.6 Å². The maximum absolute atomic E-state index is 13.0. The number of nitrogens with zero attached hydrogens (tertiary/aromatic N) is 2. The monoisotopic (exact) mass is 475 g/mol. The maximum atomic E-state index is 13.0. The second kappa shape index (κ2) is 9.46. The fourth-order valence-corrected chi connectivity index (χ4v) is 4.86. The van der Waals surface area contributed by atoms with E-state index in [1.54, 1.807) is 6.92 Å². The zero-order valence-electron chi connectivity index (χ0n) is 19.5. The minimum atomic E-state index is -0.861. The van der Waals surface area contributed by atoms with E-state index >= 15 is 0 Å². The van der Waals surface area contributed by atoms with Crippen LogP contribution in [-0.2, 0) is 31.0 Å². The van der Waals surface area contributed by atoms with E-state index in [1.807, 2.05) is 33.8 Å². The highest BCUT2D eigenvalue weighted by Gasteiger charge is 2.42. The summed E-state index contributed by atoms with van der Waals surface area (Å²) in [6.45, 7) is 9.67. The van der Waals surface area contributed by atoms with Gasteiger partial charge in [0.25, 0.3) is 0 Å². The second-order valence-electron chi connectivity index (χ2n) is 9.13. The summed E-state index contributed by atoms with van der Waals surface area (Å²) in [6.07, 6.45) is 0.107. The number of ether oxygens (including phenoxy) is 1. The summed E-state index contributed by atoms with van der Waals surface area (Å²) in [6, 6.07) is 2.37. The normalized spacial score (nSPS) is 18.4. The molecule has 178 valence electrons. The zero-order valence-corrected chi connectivity index (χ0v) is 20.3. The van der Waals surface area contributed by atoms with Crippen molar-refractivity contribution in [1.29, 1.82) is 0 Å². The highest BCUT2D eigenvalue weighted by atomic mass is 32.1. The van der Waals surface area contributed by atoms with Crippen LogP contribution in [-0.4, -0.2) is 46.9 Å². The van der Waals surface area contributed by atoms with Gasteiger partial charge in [0.15, 0.2) is 0 Å². The molecule has 1 fully saturated rings. The Bertz CT molecular complexity index is 1130. The molecular formula is C23H29N3O6S. The summed E-state index contributed by atoms with van der Waals surface area (Å²) < 4.78 is 10.4. The van der Waals surface area contributed by atoms with Crippen molar-refractivity contribution in [3.05, 3.63) is 39.0 Å². The Hall–Kier alpha value is -3.01. The molecule has 0 bridgehead atoms. The van der Waals surface area contributed by atoms with Crippen LogP contribution in [0.25, 0.3) is 10.4 Å². The first-order valence-electron chi connectivity index (χ1n) is 10.8. The molecule has 0 aromatic carbocycles. The molecule has 1 saturated heterocycles. The quantitative estimate of drug-likeness (QED) is 0.633. The van der Waals surface area contributed by atoms with E-state index in [4.69, 9.17) is 14.9 Å². The van der Waals surface area contributed by atoms with Crippen molar-refractivity contribution in [2.75, 3.05) is 13.2 Å². The molecule has 0 aliphatic carbocycles. The fraction of sp³-hybridized carbons (Fsp3) is 0.522. The van der Waals surface area contributed by atoms with Crippen molar-refractivity contribution in [3.63, 3.8) is 0 Å². The third kappa shape index (κ3) is 5.50. The van der Waals surface area contributed by atoms with Gasteiger partial charge in [0.05, 0.1) is 29.5 Å². The molecule has 2 aromatic heterocycles. The van der Waals surface area contributed by atoms with Crippen LogP contribution in [0.5, 0.6) is 0 Å². The first kappa shape index (κ1) is 24.6. The van der Waals surface area contributed by atoms with Crippen LogP contribution in [0.3, 0.4) is 0 Å². The molecule has 3 rings (SSSR count). The van der Waals surface area contributed by atoms with Crippen molar-refractivity contribution in [1.82, 2.24) is 9.88 Å². The smallest absolute Gasteiger partial charge is 0.336 e. The minimum Gasteiger partial charge on any atom is -0.466 e. The number of thiazole rings is 1. The largest absolute Gasteiger partial charge is 0.466 e. The summed E-state index contributed by atoms with van der Waals surface area (Å²) in [7, 11) is 0. The molecule has 1 aliphatic rings. The van der Waals surface area contributed by atoms with Crippen molar-refractivity contribution in [2.24, 2.45) is 11.7 Å². The number of primary amides is 1. The number of esters is 1. The van der Waals surface area contributed by atoms with Gasteiger partial charge in [-0.25, -0.2) is 9.78 Å². The number of carbonyl (C=O) groups excluding carboxylic acids is 3. The molecule has 33 heavy (non-hydrogen) atoms. The molecule has 10 heteroatoms. The number of rotatable bonds is 6. The van der Waals surface area contributed by atoms with Crippen molar-refractivity contribution >= 4 is 29.1 Å². The molecule has 0 unspecified atom stereocenters. The Balaban J connectivity index is 1.83. The average molecular weight is 476 g/mol. The number of carbonyl (C=O) groups is 3. The van der Waals surface area contributed by atoms with E-state index in [9.17, 15) is 19.2 Å². The second-order valence-corrected chi connectivity index (χ2v) is 10.2. The van der Waals surface area contributed by atoms with Gasteiger partial charge in [0.1, 0.15) is 16.8 Å². The fourth-order valence-electron chi connectivity index (χ4n) is 3.82.